The molecule has 0 aliphatic carbocycles. The monoisotopic (exact) mass is 342 g/mol. The van der Waals surface area contributed by atoms with Crippen LogP contribution in [0.2, 0.25) is 0 Å². The molecule has 5 heteroatoms. The molecular weight excluding hydrogens is 323 g/mol. The molecule has 1 saturated heterocycles. The molecular formula is C19H19FN2OS. The normalized spacial score (nSPS) is 18.1. The van der Waals surface area contributed by atoms with Crippen LogP contribution in [0.5, 0.6) is 0 Å². The van der Waals surface area contributed by atoms with Crippen LogP contribution >= 0.6 is 11.8 Å². The quantitative estimate of drug-likeness (QED) is 0.831. The predicted octanol–water partition coefficient (Wildman–Crippen LogP) is 4.35. The van der Waals surface area contributed by atoms with Crippen molar-refractivity contribution < 1.29 is 9.18 Å². The Hall–Kier alpha value is -2.14. The van der Waals surface area contributed by atoms with Gasteiger partial charge in [0.25, 0.3) is 5.91 Å². The van der Waals surface area contributed by atoms with Gasteiger partial charge in [-0.05, 0) is 37.6 Å². The molecule has 3 nitrogen and oxygen atoms in total. The van der Waals surface area contributed by atoms with Crippen molar-refractivity contribution in [3.8, 4) is 0 Å². The molecule has 0 radical (unpaired) electrons. The first kappa shape index (κ1) is 16.7. The Bertz CT molecular complexity index is 774. The van der Waals surface area contributed by atoms with Gasteiger partial charge >= 0.3 is 0 Å². The first-order valence-corrected chi connectivity index (χ1v) is 8.77. The molecule has 0 spiro atoms. The highest BCUT2D eigenvalue weighted by Gasteiger charge is 2.41. The van der Waals surface area contributed by atoms with Crippen molar-refractivity contribution in [2.24, 2.45) is 4.99 Å². The Kier molecular flexibility index (Phi) is 4.71. The van der Waals surface area contributed by atoms with Crippen molar-refractivity contribution in [3.63, 3.8) is 0 Å². The number of rotatable bonds is 3. The lowest BCUT2D eigenvalue weighted by atomic mass is 10.0. The standard InChI is InChI=1S/C19H19FN2OS/c1-19(2)13-24-18(21-12-14-7-4-3-5-8-14)22(19)17(23)15-9-6-10-16(20)11-15/h3-11H,12-13H2,1-2H3. The summed E-state index contributed by atoms with van der Waals surface area (Å²) in [6.07, 6.45) is 0. The Morgan fingerprint density at radius 1 is 1.21 bits per heavy atom. The highest BCUT2D eigenvalue weighted by molar-refractivity contribution is 8.14. The highest BCUT2D eigenvalue weighted by Crippen LogP contribution is 2.34. The van der Waals surface area contributed by atoms with Gasteiger partial charge in [0, 0.05) is 11.3 Å². The first-order valence-electron chi connectivity index (χ1n) is 7.79. The van der Waals surface area contributed by atoms with Crippen LogP contribution in [-0.4, -0.2) is 27.3 Å². The van der Waals surface area contributed by atoms with E-state index in [1.165, 1.54) is 12.1 Å². The maximum atomic E-state index is 13.5. The average Bonchev–Trinajstić information content (AvgIpc) is 2.88. The molecule has 2 aromatic rings. The van der Waals surface area contributed by atoms with Gasteiger partial charge in [0.1, 0.15) is 5.82 Å². The molecule has 1 fully saturated rings. The molecule has 3 rings (SSSR count). The van der Waals surface area contributed by atoms with Gasteiger partial charge in [-0.15, -0.1) is 0 Å². The summed E-state index contributed by atoms with van der Waals surface area (Å²) in [4.78, 5) is 19.2. The zero-order chi connectivity index (χ0) is 17.2. The number of amidine groups is 1. The molecule has 1 aliphatic heterocycles. The SMILES string of the molecule is CC1(C)CSC(=NCc2ccccc2)N1C(=O)c1cccc(F)c1. The van der Waals surface area contributed by atoms with Gasteiger partial charge in [0.05, 0.1) is 12.1 Å². The van der Waals surface area contributed by atoms with Crippen LogP contribution in [0, 0.1) is 5.82 Å². The lowest BCUT2D eigenvalue weighted by Crippen LogP contribution is -2.46. The van der Waals surface area contributed by atoms with E-state index in [9.17, 15) is 9.18 Å². The summed E-state index contributed by atoms with van der Waals surface area (Å²) in [7, 11) is 0. The van der Waals surface area contributed by atoms with Crippen LogP contribution in [0.3, 0.4) is 0 Å². The van der Waals surface area contributed by atoms with Crippen LogP contribution in [0.15, 0.2) is 59.6 Å². The second-order valence-electron chi connectivity index (χ2n) is 6.34. The second kappa shape index (κ2) is 6.77. The third-order valence-corrected chi connectivity index (χ3v) is 5.29. The molecule has 0 atom stereocenters. The molecule has 1 aliphatic rings. The molecule has 124 valence electrons. The minimum absolute atomic E-state index is 0.212. The number of thioether (sulfide) groups is 1. The fourth-order valence-electron chi connectivity index (χ4n) is 2.60. The predicted molar refractivity (Wildman–Crippen MR) is 96.7 cm³/mol. The number of amides is 1. The van der Waals surface area contributed by atoms with Gasteiger partial charge in [0.15, 0.2) is 5.17 Å². The lowest BCUT2D eigenvalue weighted by Gasteiger charge is -2.30. The first-order chi connectivity index (χ1) is 11.5. The van der Waals surface area contributed by atoms with E-state index in [4.69, 9.17) is 0 Å². The van der Waals surface area contributed by atoms with E-state index in [1.807, 2.05) is 44.2 Å². The molecule has 1 amide bonds. The van der Waals surface area contributed by atoms with E-state index in [2.05, 4.69) is 4.99 Å². The third kappa shape index (κ3) is 3.51. The van der Waals surface area contributed by atoms with E-state index >= 15 is 0 Å². The van der Waals surface area contributed by atoms with Gasteiger partial charge in [0.2, 0.25) is 0 Å². The lowest BCUT2D eigenvalue weighted by molar-refractivity contribution is 0.0766. The largest absolute Gasteiger partial charge is 0.281 e. The van der Waals surface area contributed by atoms with E-state index in [0.29, 0.717) is 17.3 Å². The van der Waals surface area contributed by atoms with E-state index in [1.54, 1.807) is 28.8 Å². The summed E-state index contributed by atoms with van der Waals surface area (Å²) >= 11 is 1.57. The minimum Gasteiger partial charge on any atom is -0.281 e. The average molecular weight is 342 g/mol. The summed E-state index contributed by atoms with van der Waals surface area (Å²) < 4.78 is 13.5. The van der Waals surface area contributed by atoms with Crippen molar-refractivity contribution in [3.05, 3.63) is 71.5 Å². The van der Waals surface area contributed by atoms with Gasteiger partial charge < -0.3 is 0 Å². The van der Waals surface area contributed by atoms with Crippen LogP contribution in [-0.2, 0) is 6.54 Å². The molecule has 0 saturated carbocycles. The smallest absolute Gasteiger partial charge is 0.260 e. The number of nitrogens with zero attached hydrogens (tertiary/aromatic N) is 2. The van der Waals surface area contributed by atoms with Gasteiger partial charge in [-0.25, -0.2) is 4.39 Å². The molecule has 0 aromatic heterocycles. The zero-order valence-electron chi connectivity index (χ0n) is 13.7. The topological polar surface area (TPSA) is 32.7 Å². The van der Waals surface area contributed by atoms with E-state index in [-0.39, 0.29) is 11.4 Å². The number of hydrogen-bond donors (Lipinski definition) is 0. The van der Waals surface area contributed by atoms with Crippen LogP contribution < -0.4 is 0 Å². The number of halogens is 1. The molecule has 0 bridgehead atoms. The summed E-state index contributed by atoms with van der Waals surface area (Å²) in [6.45, 7) is 4.52. The van der Waals surface area contributed by atoms with E-state index < -0.39 is 5.82 Å². The highest BCUT2D eigenvalue weighted by atomic mass is 32.2. The van der Waals surface area contributed by atoms with Gasteiger partial charge in [-0.3, -0.25) is 14.7 Å². The number of aliphatic imine (C=N–C) groups is 1. The fraction of sp³-hybridized carbons (Fsp3) is 0.263. The fourth-order valence-corrected chi connectivity index (χ4v) is 3.83. The van der Waals surface area contributed by atoms with Gasteiger partial charge in [-0.1, -0.05) is 48.2 Å². The van der Waals surface area contributed by atoms with Crippen LogP contribution in [0.25, 0.3) is 0 Å². The van der Waals surface area contributed by atoms with Crippen LogP contribution in [0.1, 0.15) is 29.8 Å². The number of carbonyl (C=O) groups is 1. The number of carbonyl (C=O) groups excluding carboxylic acids is 1. The number of benzene rings is 2. The summed E-state index contributed by atoms with van der Waals surface area (Å²) in [5.74, 6) is 0.145. The maximum Gasteiger partial charge on any atom is 0.260 e. The van der Waals surface area contributed by atoms with Crippen molar-refractivity contribution in [1.29, 1.82) is 0 Å². The molecule has 0 N–H and O–H groups in total. The summed E-state index contributed by atoms with van der Waals surface area (Å²) in [6, 6.07) is 15.7. The summed E-state index contributed by atoms with van der Waals surface area (Å²) in [5, 5.41) is 0.693. The van der Waals surface area contributed by atoms with Crippen molar-refractivity contribution in [1.82, 2.24) is 4.90 Å². The Morgan fingerprint density at radius 3 is 2.67 bits per heavy atom. The molecule has 2 aromatic carbocycles. The zero-order valence-corrected chi connectivity index (χ0v) is 14.5. The molecule has 1 heterocycles. The van der Waals surface area contributed by atoms with E-state index in [0.717, 1.165) is 11.3 Å². The van der Waals surface area contributed by atoms with Crippen molar-refractivity contribution in [2.75, 3.05) is 5.75 Å². The summed E-state index contributed by atoms with van der Waals surface area (Å²) in [5.41, 5.74) is 1.08. The minimum atomic E-state index is -0.409. The maximum absolute atomic E-state index is 13.5. The molecule has 0 unspecified atom stereocenters. The van der Waals surface area contributed by atoms with Crippen molar-refractivity contribution in [2.45, 2.75) is 25.9 Å². The molecule has 24 heavy (non-hydrogen) atoms. The Balaban J connectivity index is 1.88. The van der Waals surface area contributed by atoms with Crippen LogP contribution in [0.4, 0.5) is 4.39 Å². The van der Waals surface area contributed by atoms with Crippen molar-refractivity contribution >= 4 is 22.8 Å². The second-order valence-corrected chi connectivity index (χ2v) is 7.28. The Labute approximate surface area is 145 Å². The number of hydrogen-bond acceptors (Lipinski definition) is 3. The Morgan fingerprint density at radius 2 is 1.96 bits per heavy atom. The van der Waals surface area contributed by atoms with Gasteiger partial charge in [-0.2, -0.15) is 0 Å². The third-order valence-electron chi connectivity index (χ3n) is 3.87.